The number of benzene rings is 1. The molecule has 0 unspecified atom stereocenters. The van der Waals surface area contributed by atoms with Crippen molar-refractivity contribution in [1.82, 2.24) is 10.3 Å². The number of pyridine rings is 1. The quantitative estimate of drug-likeness (QED) is 0.891. The van der Waals surface area contributed by atoms with Crippen LogP contribution in [-0.2, 0) is 19.5 Å². The summed E-state index contributed by atoms with van der Waals surface area (Å²) in [5, 5.41) is 2.93. The van der Waals surface area contributed by atoms with Crippen molar-refractivity contribution in [2.45, 2.75) is 26.4 Å². The summed E-state index contributed by atoms with van der Waals surface area (Å²) in [4.78, 5) is 16.2. The van der Waals surface area contributed by atoms with Crippen molar-refractivity contribution in [3.8, 4) is 0 Å². The highest BCUT2D eigenvalue weighted by Crippen LogP contribution is 2.09. The maximum atomic E-state index is 12.1. The molecule has 5 heteroatoms. The Morgan fingerprint density at radius 2 is 1.95 bits per heavy atom. The number of nitrogens with one attached hydrogen (secondary N) is 1. The molecule has 1 aromatic heterocycles. The molecule has 0 atom stereocenters. The minimum absolute atomic E-state index is 0. The van der Waals surface area contributed by atoms with E-state index in [1.54, 1.807) is 18.3 Å². The summed E-state index contributed by atoms with van der Waals surface area (Å²) >= 11 is 0. The average Bonchev–Trinajstić information content (AvgIpc) is 2.52. The van der Waals surface area contributed by atoms with Crippen molar-refractivity contribution in [2.75, 3.05) is 0 Å². The number of halogens is 1. The van der Waals surface area contributed by atoms with Crippen molar-refractivity contribution in [1.29, 1.82) is 0 Å². The fourth-order valence-corrected chi connectivity index (χ4v) is 2.08. The molecule has 1 heterocycles. The summed E-state index contributed by atoms with van der Waals surface area (Å²) in [5.74, 6) is -0.104. The van der Waals surface area contributed by atoms with E-state index in [4.69, 9.17) is 5.73 Å². The van der Waals surface area contributed by atoms with Crippen LogP contribution in [0.1, 0.15) is 34.1 Å². The molecular formula is C16H20ClN3O. The average molecular weight is 306 g/mol. The van der Waals surface area contributed by atoms with Crippen LogP contribution in [0.15, 0.2) is 42.6 Å². The van der Waals surface area contributed by atoms with Crippen LogP contribution >= 0.6 is 12.4 Å². The summed E-state index contributed by atoms with van der Waals surface area (Å²) in [7, 11) is 0. The van der Waals surface area contributed by atoms with Gasteiger partial charge in [0, 0.05) is 24.8 Å². The summed E-state index contributed by atoms with van der Waals surface area (Å²) in [6, 6.07) is 11.5. The van der Waals surface area contributed by atoms with Gasteiger partial charge in [-0.3, -0.25) is 9.78 Å². The van der Waals surface area contributed by atoms with E-state index in [1.807, 2.05) is 18.2 Å². The number of nitrogens with two attached hydrogens (primary N) is 1. The van der Waals surface area contributed by atoms with Crippen molar-refractivity contribution >= 4 is 18.3 Å². The molecule has 21 heavy (non-hydrogen) atoms. The van der Waals surface area contributed by atoms with Crippen LogP contribution in [0.25, 0.3) is 0 Å². The van der Waals surface area contributed by atoms with E-state index in [0.29, 0.717) is 24.3 Å². The van der Waals surface area contributed by atoms with Crippen LogP contribution in [0.4, 0.5) is 0 Å². The van der Waals surface area contributed by atoms with Gasteiger partial charge >= 0.3 is 0 Å². The first-order valence-corrected chi connectivity index (χ1v) is 6.74. The largest absolute Gasteiger partial charge is 0.348 e. The van der Waals surface area contributed by atoms with Crippen LogP contribution in [-0.4, -0.2) is 10.9 Å². The fourth-order valence-electron chi connectivity index (χ4n) is 2.08. The molecule has 2 rings (SSSR count). The number of aromatic nitrogens is 1. The molecule has 0 spiro atoms. The van der Waals surface area contributed by atoms with Gasteiger partial charge in [-0.1, -0.05) is 31.2 Å². The van der Waals surface area contributed by atoms with Crippen LogP contribution in [0.5, 0.6) is 0 Å². The number of nitrogens with zero attached hydrogens (tertiary/aromatic N) is 1. The minimum atomic E-state index is -0.104. The maximum Gasteiger partial charge on any atom is 0.251 e. The number of aryl methyl sites for hydroxylation is 1. The molecule has 0 saturated heterocycles. The zero-order chi connectivity index (χ0) is 14.4. The smallest absolute Gasteiger partial charge is 0.251 e. The molecule has 0 fully saturated rings. The molecule has 0 radical (unpaired) electrons. The van der Waals surface area contributed by atoms with Crippen molar-refractivity contribution in [2.24, 2.45) is 5.73 Å². The molecule has 0 saturated carbocycles. The van der Waals surface area contributed by atoms with Gasteiger partial charge in [0.05, 0.1) is 5.69 Å². The first-order valence-electron chi connectivity index (χ1n) is 6.74. The first kappa shape index (κ1) is 17.1. The summed E-state index contributed by atoms with van der Waals surface area (Å²) in [6.45, 7) is 2.97. The standard InChI is InChI=1S/C16H19N3O.ClH/c1-2-12-5-3-4-6-14(12)11-19-16(20)13-7-8-18-15(9-13)10-17;/h3-9H,2,10-11,17H2,1H3,(H,19,20);1H. The third kappa shape index (κ3) is 4.55. The van der Waals surface area contributed by atoms with E-state index in [0.717, 1.165) is 12.0 Å². The molecular weight excluding hydrogens is 286 g/mol. The zero-order valence-corrected chi connectivity index (χ0v) is 12.8. The maximum absolute atomic E-state index is 12.1. The Morgan fingerprint density at radius 1 is 1.24 bits per heavy atom. The number of carbonyl (C=O) groups excluding carboxylic acids is 1. The van der Waals surface area contributed by atoms with Gasteiger partial charge in [0.2, 0.25) is 0 Å². The number of amides is 1. The highest BCUT2D eigenvalue weighted by molar-refractivity contribution is 5.94. The van der Waals surface area contributed by atoms with E-state index < -0.39 is 0 Å². The minimum Gasteiger partial charge on any atom is -0.348 e. The van der Waals surface area contributed by atoms with Gasteiger partial charge in [-0.05, 0) is 29.7 Å². The second-order valence-corrected chi connectivity index (χ2v) is 4.54. The van der Waals surface area contributed by atoms with Gasteiger partial charge in [-0.15, -0.1) is 12.4 Å². The summed E-state index contributed by atoms with van der Waals surface area (Å²) in [6.07, 6.45) is 2.57. The third-order valence-electron chi connectivity index (χ3n) is 3.23. The topological polar surface area (TPSA) is 68.0 Å². The molecule has 112 valence electrons. The Morgan fingerprint density at radius 3 is 2.62 bits per heavy atom. The molecule has 0 aliphatic heterocycles. The van der Waals surface area contributed by atoms with Crippen LogP contribution in [0.2, 0.25) is 0 Å². The van der Waals surface area contributed by atoms with Crippen molar-refractivity contribution < 1.29 is 4.79 Å². The lowest BCUT2D eigenvalue weighted by molar-refractivity contribution is 0.0950. The highest BCUT2D eigenvalue weighted by atomic mass is 35.5. The van der Waals surface area contributed by atoms with E-state index >= 15 is 0 Å². The third-order valence-corrected chi connectivity index (χ3v) is 3.23. The Bertz CT molecular complexity index is 602. The van der Waals surface area contributed by atoms with E-state index in [2.05, 4.69) is 23.3 Å². The monoisotopic (exact) mass is 305 g/mol. The first-order chi connectivity index (χ1) is 9.74. The Balaban J connectivity index is 0.00000220. The van der Waals surface area contributed by atoms with Gasteiger partial charge in [-0.25, -0.2) is 0 Å². The molecule has 0 bridgehead atoms. The van der Waals surface area contributed by atoms with Crippen LogP contribution in [0.3, 0.4) is 0 Å². The molecule has 0 aliphatic rings. The molecule has 1 amide bonds. The Kier molecular flexibility index (Phi) is 6.85. The number of carbonyl (C=O) groups is 1. The number of hydrogen-bond donors (Lipinski definition) is 2. The number of rotatable bonds is 5. The lowest BCUT2D eigenvalue weighted by atomic mass is 10.1. The van der Waals surface area contributed by atoms with Crippen molar-refractivity contribution in [3.63, 3.8) is 0 Å². The molecule has 1 aromatic carbocycles. The highest BCUT2D eigenvalue weighted by Gasteiger charge is 2.07. The van der Waals surface area contributed by atoms with Gasteiger partial charge < -0.3 is 11.1 Å². The molecule has 0 aliphatic carbocycles. The molecule has 3 N–H and O–H groups in total. The fraction of sp³-hybridized carbons (Fsp3) is 0.250. The zero-order valence-electron chi connectivity index (χ0n) is 12.0. The molecule has 2 aromatic rings. The Labute approximate surface area is 131 Å². The summed E-state index contributed by atoms with van der Waals surface area (Å²) in [5.41, 5.74) is 9.24. The van der Waals surface area contributed by atoms with Crippen LogP contribution < -0.4 is 11.1 Å². The van der Waals surface area contributed by atoms with Gasteiger partial charge in [-0.2, -0.15) is 0 Å². The van der Waals surface area contributed by atoms with Crippen molar-refractivity contribution in [3.05, 3.63) is 65.0 Å². The van der Waals surface area contributed by atoms with Gasteiger partial charge in [0.25, 0.3) is 5.91 Å². The lowest BCUT2D eigenvalue weighted by Crippen LogP contribution is -2.23. The van der Waals surface area contributed by atoms with Crippen LogP contribution in [0, 0.1) is 0 Å². The van der Waals surface area contributed by atoms with Gasteiger partial charge in [0.15, 0.2) is 0 Å². The van der Waals surface area contributed by atoms with E-state index in [-0.39, 0.29) is 18.3 Å². The van der Waals surface area contributed by atoms with E-state index in [9.17, 15) is 4.79 Å². The lowest BCUT2D eigenvalue weighted by Gasteiger charge is -2.09. The normalized spacial score (nSPS) is 9.81. The number of hydrogen-bond acceptors (Lipinski definition) is 3. The van der Waals surface area contributed by atoms with E-state index in [1.165, 1.54) is 5.56 Å². The second kappa shape index (κ2) is 8.39. The predicted octanol–water partition coefficient (Wildman–Crippen LogP) is 2.45. The second-order valence-electron chi connectivity index (χ2n) is 4.54. The van der Waals surface area contributed by atoms with Gasteiger partial charge in [0.1, 0.15) is 0 Å². The SMILES string of the molecule is CCc1ccccc1CNC(=O)c1ccnc(CN)c1.Cl. The summed E-state index contributed by atoms with van der Waals surface area (Å²) < 4.78 is 0. The molecule has 4 nitrogen and oxygen atoms in total. The predicted molar refractivity (Wildman–Crippen MR) is 86.4 cm³/mol. The Hall–Kier alpha value is -1.91.